The van der Waals surface area contributed by atoms with E-state index in [1.807, 2.05) is 0 Å². The zero-order valence-corrected chi connectivity index (χ0v) is 16.2. The summed E-state index contributed by atoms with van der Waals surface area (Å²) in [4.78, 5) is 19.1. The topological polar surface area (TPSA) is 104 Å². The minimum absolute atomic E-state index is 0.102. The highest BCUT2D eigenvalue weighted by Gasteiger charge is 2.14. The molecule has 0 bridgehead atoms. The molecule has 0 radical (unpaired) electrons. The molecule has 10 heteroatoms. The van der Waals surface area contributed by atoms with E-state index in [4.69, 9.17) is 0 Å². The number of anilines is 1. The Kier molecular flexibility index (Phi) is 7.25. The fourth-order valence-electron chi connectivity index (χ4n) is 2.03. The van der Waals surface area contributed by atoms with E-state index >= 15 is 0 Å². The van der Waals surface area contributed by atoms with Gasteiger partial charge in [0.15, 0.2) is 5.13 Å². The van der Waals surface area contributed by atoms with E-state index in [1.165, 1.54) is 29.7 Å². The van der Waals surface area contributed by atoms with Crippen molar-refractivity contribution in [2.24, 2.45) is 5.10 Å². The Morgan fingerprint density at radius 3 is 2.62 bits per heavy atom. The molecule has 2 rings (SSSR count). The summed E-state index contributed by atoms with van der Waals surface area (Å²) in [6, 6.07) is 7.85. The molecule has 0 saturated carbocycles. The number of thiazole rings is 1. The highest BCUT2D eigenvalue weighted by molar-refractivity contribution is 7.89. The van der Waals surface area contributed by atoms with Crippen LogP contribution in [0, 0.1) is 0 Å². The number of sulfonamides is 1. The average Bonchev–Trinajstić information content (AvgIpc) is 3.10. The van der Waals surface area contributed by atoms with Crippen LogP contribution in [-0.4, -0.2) is 45.2 Å². The minimum Gasteiger partial charge on any atom is -0.349 e. The van der Waals surface area contributed by atoms with E-state index in [9.17, 15) is 13.2 Å². The summed E-state index contributed by atoms with van der Waals surface area (Å²) >= 11 is 1.46. The molecule has 0 aliphatic rings. The van der Waals surface area contributed by atoms with Crippen molar-refractivity contribution in [3.8, 4) is 0 Å². The van der Waals surface area contributed by atoms with Gasteiger partial charge >= 0.3 is 0 Å². The third kappa shape index (κ3) is 5.61. The lowest BCUT2D eigenvalue weighted by atomic mass is 10.4. The van der Waals surface area contributed by atoms with Crippen LogP contribution in [0.5, 0.6) is 0 Å². The number of hydrogen-bond donors (Lipinski definition) is 2. The first-order valence-electron chi connectivity index (χ1n) is 8.03. The van der Waals surface area contributed by atoms with E-state index in [-0.39, 0.29) is 4.90 Å². The molecule has 0 unspecified atom stereocenters. The largest absolute Gasteiger partial charge is 0.349 e. The molecular formula is C16H21N5O3S2. The number of rotatable bonds is 9. The maximum atomic E-state index is 12.0. The lowest BCUT2D eigenvalue weighted by Crippen LogP contribution is -2.34. The standard InChI is InChI=1S/C16H21N5O3S2/c1-3-21(4-2)16-17-10-13(25-16)11-18-20-15(22)12-19-26(23,24)14-8-6-5-7-9-14/h5-11,19H,3-4,12H2,1-2H3,(H,20,22)/b18-11-. The summed E-state index contributed by atoms with van der Waals surface area (Å²) in [7, 11) is -3.72. The zero-order chi connectivity index (χ0) is 19.0. The van der Waals surface area contributed by atoms with Crippen LogP contribution in [0.1, 0.15) is 18.7 Å². The molecule has 8 nitrogen and oxygen atoms in total. The van der Waals surface area contributed by atoms with Crippen molar-refractivity contribution in [3.63, 3.8) is 0 Å². The van der Waals surface area contributed by atoms with Gasteiger partial charge in [-0.25, -0.2) is 23.5 Å². The molecule has 1 aromatic carbocycles. The molecule has 0 aliphatic carbocycles. The van der Waals surface area contributed by atoms with E-state index < -0.39 is 22.5 Å². The number of nitrogens with one attached hydrogen (secondary N) is 2. The second-order valence-electron chi connectivity index (χ2n) is 5.15. The monoisotopic (exact) mass is 395 g/mol. The predicted octanol–water partition coefficient (Wildman–Crippen LogP) is 1.42. The smallest absolute Gasteiger partial charge is 0.255 e. The molecule has 2 aromatic rings. The second kappa shape index (κ2) is 9.41. The molecular weight excluding hydrogens is 374 g/mol. The molecule has 26 heavy (non-hydrogen) atoms. The van der Waals surface area contributed by atoms with Crippen LogP contribution in [-0.2, 0) is 14.8 Å². The number of carbonyl (C=O) groups is 1. The molecule has 1 amide bonds. The van der Waals surface area contributed by atoms with Gasteiger partial charge in [0.1, 0.15) is 0 Å². The molecule has 0 spiro atoms. The van der Waals surface area contributed by atoms with Gasteiger partial charge in [-0.2, -0.15) is 5.10 Å². The fourth-order valence-corrected chi connectivity index (χ4v) is 3.95. The van der Waals surface area contributed by atoms with Gasteiger partial charge < -0.3 is 4.90 Å². The number of benzene rings is 1. The molecule has 0 aliphatic heterocycles. The Morgan fingerprint density at radius 2 is 1.96 bits per heavy atom. The van der Waals surface area contributed by atoms with Crippen molar-refractivity contribution < 1.29 is 13.2 Å². The van der Waals surface area contributed by atoms with E-state index in [0.717, 1.165) is 23.1 Å². The maximum Gasteiger partial charge on any atom is 0.255 e. The highest BCUT2D eigenvalue weighted by Crippen LogP contribution is 2.20. The van der Waals surface area contributed by atoms with Crippen LogP contribution < -0.4 is 15.0 Å². The summed E-state index contributed by atoms with van der Waals surface area (Å²) in [6.07, 6.45) is 3.15. The van der Waals surface area contributed by atoms with E-state index in [0.29, 0.717) is 0 Å². The molecule has 1 heterocycles. The Bertz CT molecular complexity index is 846. The average molecular weight is 396 g/mol. The minimum atomic E-state index is -3.72. The second-order valence-corrected chi connectivity index (χ2v) is 7.96. The van der Waals surface area contributed by atoms with Gasteiger partial charge in [-0.15, -0.1) is 0 Å². The molecule has 0 fully saturated rings. The van der Waals surface area contributed by atoms with Crippen LogP contribution in [0.2, 0.25) is 0 Å². The van der Waals surface area contributed by atoms with Crippen molar-refractivity contribution in [2.45, 2.75) is 18.7 Å². The summed E-state index contributed by atoms with van der Waals surface area (Å²) in [5.41, 5.74) is 2.29. The first kappa shape index (κ1) is 20.0. The van der Waals surface area contributed by atoms with Gasteiger partial charge in [-0.3, -0.25) is 4.79 Å². The van der Waals surface area contributed by atoms with Gasteiger partial charge in [0.05, 0.1) is 22.5 Å². The number of nitrogens with zero attached hydrogens (tertiary/aromatic N) is 3. The Hall–Kier alpha value is -2.30. The summed E-state index contributed by atoms with van der Waals surface area (Å²) in [5, 5.41) is 4.72. The summed E-state index contributed by atoms with van der Waals surface area (Å²) < 4.78 is 26.3. The normalized spacial score (nSPS) is 11.6. The van der Waals surface area contributed by atoms with Gasteiger partial charge in [-0.05, 0) is 26.0 Å². The van der Waals surface area contributed by atoms with Crippen LogP contribution in [0.3, 0.4) is 0 Å². The zero-order valence-electron chi connectivity index (χ0n) is 14.5. The Labute approximate surface area is 157 Å². The first-order valence-corrected chi connectivity index (χ1v) is 10.3. The van der Waals surface area contributed by atoms with E-state index in [2.05, 4.69) is 39.0 Å². The molecule has 0 saturated heterocycles. The van der Waals surface area contributed by atoms with Crippen molar-refractivity contribution in [1.29, 1.82) is 0 Å². The lowest BCUT2D eigenvalue weighted by Gasteiger charge is -2.16. The third-order valence-electron chi connectivity index (χ3n) is 3.40. The first-order chi connectivity index (χ1) is 12.5. The number of aromatic nitrogens is 1. The third-order valence-corrected chi connectivity index (χ3v) is 5.81. The molecule has 1 aromatic heterocycles. The van der Waals surface area contributed by atoms with Gasteiger partial charge in [0.2, 0.25) is 10.0 Å². The van der Waals surface area contributed by atoms with Crippen molar-refractivity contribution >= 4 is 38.6 Å². The lowest BCUT2D eigenvalue weighted by molar-refractivity contribution is -0.119. The number of hydrogen-bond acceptors (Lipinski definition) is 7. The van der Waals surface area contributed by atoms with Crippen molar-refractivity contribution in [2.75, 3.05) is 24.5 Å². The van der Waals surface area contributed by atoms with Gasteiger partial charge in [0.25, 0.3) is 5.91 Å². The molecule has 140 valence electrons. The van der Waals surface area contributed by atoms with E-state index in [1.54, 1.807) is 24.4 Å². The molecule has 2 N–H and O–H groups in total. The number of hydrazone groups is 1. The maximum absolute atomic E-state index is 12.0. The van der Waals surface area contributed by atoms with Crippen molar-refractivity contribution in [1.82, 2.24) is 15.1 Å². The van der Waals surface area contributed by atoms with Gasteiger partial charge in [0, 0.05) is 19.3 Å². The Morgan fingerprint density at radius 1 is 1.27 bits per heavy atom. The van der Waals surface area contributed by atoms with Crippen LogP contribution in [0.15, 0.2) is 46.5 Å². The highest BCUT2D eigenvalue weighted by atomic mass is 32.2. The van der Waals surface area contributed by atoms with Crippen LogP contribution in [0.4, 0.5) is 5.13 Å². The summed E-state index contributed by atoms with van der Waals surface area (Å²) in [5.74, 6) is -0.561. The van der Waals surface area contributed by atoms with Crippen LogP contribution in [0.25, 0.3) is 0 Å². The van der Waals surface area contributed by atoms with Crippen molar-refractivity contribution in [3.05, 3.63) is 41.4 Å². The SMILES string of the molecule is CCN(CC)c1ncc(/C=N\NC(=O)CNS(=O)(=O)c2ccccc2)s1. The number of amides is 1. The molecule has 0 atom stereocenters. The van der Waals surface area contributed by atoms with Gasteiger partial charge in [-0.1, -0.05) is 29.5 Å². The summed E-state index contributed by atoms with van der Waals surface area (Å²) in [6.45, 7) is 5.42. The fraction of sp³-hybridized carbons (Fsp3) is 0.312. The Balaban J connectivity index is 1.84. The predicted molar refractivity (Wildman–Crippen MR) is 103 cm³/mol. The number of carbonyl (C=O) groups excluding carboxylic acids is 1. The quantitative estimate of drug-likeness (QED) is 0.494. The van der Waals surface area contributed by atoms with Crippen LogP contribution >= 0.6 is 11.3 Å².